The van der Waals surface area contributed by atoms with Gasteiger partial charge in [-0.2, -0.15) is 0 Å². The lowest BCUT2D eigenvalue weighted by Gasteiger charge is -2.18. The molecule has 0 saturated heterocycles. The van der Waals surface area contributed by atoms with Crippen LogP contribution in [-0.4, -0.2) is 15.0 Å². The molecule has 0 saturated carbocycles. The lowest BCUT2D eigenvalue weighted by molar-refractivity contribution is 0.599. The number of benzene rings is 2. The maximum Gasteiger partial charge on any atom is 0.261 e. The van der Waals surface area contributed by atoms with E-state index in [2.05, 4.69) is 26.0 Å². The van der Waals surface area contributed by atoms with Crippen molar-refractivity contribution in [2.45, 2.75) is 17.9 Å². The van der Waals surface area contributed by atoms with Crippen molar-refractivity contribution in [3.63, 3.8) is 0 Å². The summed E-state index contributed by atoms with van der Waals surface area (Å²) in [6, 6.07) is 12.4. The lowest BCUT2D eigenvalue weighted by atomic mass is 10.0. The number of hydrogen-bond acceptors (Lipinski definition) is 3. The molecule has 1 aliphatic rings. The summed E-state index contributed by atoms with van der Waals surface area (Å²) < 4.78 is 28.4. The molecule has 21 heavy (non-hydrogen) atoms. The molecule has 4 nitrogen and oxygen atoms in total. The van der Waals surface area contributed by atoms with Crippen LogP contribution in [0.15, 0.2) is 51.8 Å². The lowest BCUT2D eigenvalue weighted by Crippen LogP contribution is -2.24. The molecule has 0 unspecified atom stereocenters. The van der Waals surface area contributed by atoms with Crippen LogP contribution < -0.4 is 10.0 Å². The van der Waals surface area contributed by atoms with Crippen molar-refractivity contribution in [1.29, 1.82) is 0 Å². The monoisotopic (exact) mass is 366 g/mol. The highest BCUT2D eigenvalue weighted by Crippen LogP contribution is 2.22. The van der Waals surface area contributed by atoms with Crippen LogP contribution >= 0.6 is 15.9 Å². The average molecular weight is 367 g/mol. The highest BCUT2D eigenvalue weighted by Gasteiger charge is 2.17. The second-order valence-electron chi connectivity index (χ2n) is 4.97. The molecule has 2 aromatic carbocycles. The first-order valence-electron chi connectivity index (χ1n) is 6.65. The van der Waals surface area contributed by atoms with Crippen LogP contribution in [0.5, 0.6) is 0 Å². The van der Waals surface area contributed by atoms with Gasteiger partial charge in [0.25, 0.3) is 10.0 Å². The third-order valence-corrected chi connectivity index (χ3v) is 5.38. The fraction of sp³-hybridized carbons (Fsp3) is 0.200. The Bertz CT molecular complexity index is 758. The summed E-state index contributed by atoms with van der Waals surface area (Å²) in [5.74, 6) is 0. The molecular formula is C15H15BrN2O2S. The third kappa shape index (κ3) is 3.28. The maximum absolute atomic E-state index is 12.4. The first-order valence-corrected chi connectivity index (χ1v) is 8.93. The standard InChI is InChI=1S/C15H15BrN2O2S/c16-13-2-4-14(5-3-13)18-21(19,20)15-6-1-11-7-8-17-10-12(11)9-15/h1-6,9,17-18H,7-8,10H2. The van der Waals surface area contributed by atoms with E-state index in [-0.39, 0.29) is 0 Å². The minimum Gasteiger partial charge on any atom is -0.312 e. The summed E-state index contributed by atoms with van der Waals surface area (Å²) in [5, 5.41) is 3.26. The second kappa shape index (κ2) is 5.79. The second-order valence-corrected chi connectivity index (χ2v) is 7.57. The zero-order chi connectivity index (χ0) is 14.9. The van der Waals surface area contributed by atoms with Crippen LogP contribution in [0.25, 0.3) is 0 Å². The fourth-order valence-corrected chi connectivity index (χ4v) is 3.73. The van der Waals surface area contributed by atoms with Gasteiger partial charge in [-0.05, 0) is 60.5 Å². The van der Waals surface area contributed by atoms with E-state index >= 15 is 0 Å². The van der Waals surface area contributed by atoms with Crippen LogP contribution in [0.1, 0.15) is 11.1 Å². The van der Waals surface area contributed by atoms with Gasteiger partial charge >= 0.3 is 0 Å². The van der Waals surface area contributed by atoms with Crippen molar-refractivity contribution >= 4 is 31.6 Å². The molecule has 0 atom stereocenters. The van der Waals surface area contributed by atoms with Gasteiger partial charge in [-0.1, -0.05) is 22.0 Å². The van der Waals surface area contributed by atoms with E-state index in [1.165, 1.54) is 5.56 Å². The van der Waals surface area contributed by atoms with Crippen LogP contribution in [0, 0.1) is 0 Å². The number of hydrogen-bond donors (Lipinski definition) is 2. The van der Waals surface area contributed by atoms with Crippen LogP contribution in [-0.2, 0) is 23.0 Å². The van der Waals surface area contributed by atoms with Crippen molar-refractivity contribution in [3.8, 4) is 0 Å². The van der Waals surface area contributed by atoms with Gasteiger partial charge in [-0.3, -0.25) is 4.72 Å². The molecule has 1 aliphatic heterocycles. The Hall–Kier alpha value is -1.37. The highest BCUT2D eigenvalue weighted by molar-refractivity contribution is 9.10. The van der Waals surface area contributed by atoms with E-state index < -0.39 is 10.0 Å². The van der Waals surface area contributed by atoms with Crippen molar-refractivity contribution in [2.24, 2.45) is 0 Å². The van der Waals surface area contributed by atoms with Gasteiger partial charge in [0.1, 0.15) is 0 Å². The van der Waals surface area contributed by atoms with Gasteiger partial charge in [-0.25, -0.2) is 8.42 Å². The van der Waals surface area contributed by atoms with E-state index in [1.807, 2.05) is 6.07 Å². The van der Waals surface area contributed by atoms with Crippen molar-refractivity contribution in [3.05, 3.63) is 58.1 Å². The minimum absolute atomic E-state index is 0.299. The number of nitrogens with one attached hydrogen (secondary N) is 2. The summed E-state index contributed by atoms with van der Waals surface area (Å²) in [6.07, 6.45) is 0.940. The maximum atomic E-state index is 12.4. The third-order valence-electron chi connectivity index (χ3n) is 3.47. The predicted octanol–water partition coefficient (Wildman–Crippen LogP) is 2.90. The zero-order valence-electron chi connectivity index (χ0n) is 11.3. The first kappa shape index (κ1) is 14.6. The molecule has 3 rings (SSSR count). The molecule has 0 bridgehead atoms. The quantitative estimate of drug-likeness (QED) is 0.877. The summed E-state index contributed by atoms with van der Waals surface area (Å²) in [4.78, 5) is 0.299. The molecule has 0 aromatic heterocycles. The Morgan fingerprint density at radius 2 is 1.81 bits per heavy atom. The molecule has 0 spiro atoms. The summed E-state index contributed by atoms with van der Waals surface area (Å²) in [6.45, 7) is 1.66. The smallest absolute Gasteiger partial charge is 0.261 e. The molecular weight excluding hydrogens is 352 g/mol. The molecule has 6 heteroatoms. The number of rotatable bonds is 3. The molecule has 2 aromatic rings. The Morgan fingerprint density at radius 1 is 1.05 bits per heavy atom. The Morgan fingerprint density at radius 3 is 2.57 bits per heavy atom. The van der Waals surface area contributed by atoms with Crippen LogP contribution in [0.4, 0.5) is 5.69 Å². The number of halogens is 1. The van der Waals surface area contributed by atoms with Gasteiger partial charge in [0.2, 0.25) is 0 Å². The first-order chi connectivity index (χ1) is 10.0. The van der Waals surface area contributed by atoms with E-state index in [1.54, 1.807) is 36.4 Å². The summed E-state index contributed by atoms with van der Waals surface area (Å²) in [7, 11) is -3.55. The Labute approximate surface area is 132 Å². The zero-order valence-corrected chi connectivity index (χ0v) is 13.7. The van der Waals surface area contributed by atoms with Crippen molar-refractivity contribution in [1.82, 2.24) is 5.32 Å². The van der Waals surface area contributed by atoms with Gasteiger partial charge < -0.3 is 5.32 Å². The molecule has 110 valence electrons. The molecule has 0 fully saturated rings. The van der Waals surface area contributed by atoms with Crippen LogP contribution in [0.2, 0.25) is 0 Å². The topological polar surface area (TPSA) is 58.2 Å². The minimum atomic E-state index is -3.55. The number of sulfonamides is 1. The molecule has 1 heterocycles. The Balaban J connectivity index is 1.89. The van der Waals surface area contributed by atoms with E-state index in [9.17, 15) is 8.42 Å². The van der Waals surface area contributed by atoms with Gasteiger partial charge in [0.05, 0.1) is 4.90 Å². The van der Waals surface area contributed by atoms with Crippen molar-refractivity contribution < 1.29 is 8.42 Å². The summed E-state index contributed by atoms with van der Waals surface area (Å²) in [5.41, 5.74) is 2.82. The largest absolute Gasteiger partial charge is 0.312 e. The summed E-state index contributed by atoms with van der Waals surface area (Å²) >= 11 is 3.33. The molecule has 0 aliphatic carbocycles. The van der Waals surface area contributed by atoms with Crippen molar-refractivity contribution in [2.75, 3.05) is 11.3 Å². The average Bonchev–Trinajstić information content (AvgIpc) is 2.49. The van der Waals surface area contributed by atoms with E-state index in [4.69, 9.17) is 0 Å². The van der Waals surface area contributed by atoms with Gasteiger partial charge in [0, 0.05) is 16.7 Å². The number of anilines is 1. The highest BCUT2D eigenvalue weighted by atomic mass is 79.9. The molecule has 0 amide bonds. The molecule has 0 radical (unpaired) electrons. The van der Waals surface area contributed by atoms with Crippen LogP contribution in [0.3, 0.4) is 0 Å². The number of fused-ring (bicyclic) bond motifs is 1. The Kier molecular flexibility index (Phi) is 4.01. The SMILES string of the molecule is O=S(=O)(Nc1ccc(Br)cc1)c1ccc2c(c1)CNCC2. The normalized spacial score (nSPS) is 14.5. The fourth-order valence-electron chi connectivity index (χ4n) is 2.36. The van der Waals surface area contributed by atoms with Gasteiger partial charge in [-0.15, -0.1) is 0 Å². The van der Waals surface area contributed by atoms with E-state index in [0.717, 1.165) is 29.5 Å². The van der Waals surface area contributed by atoms with Gasteiger partial charge in [0.15, 0.2) is 0 Å². The van der Waals surface area contributed by atoms with E-state index in [0.29, 0.717) is 10.6 Å². The predicted molar refractivity (Wildman–Crippen MR) is 86.8 cm³/mol. The molecule has 2 N–H and O–H groups in total.